The Hall–Kier alpha value is -1.59. The molecular formula is C15H20N2O2S. The fraction of sp³-hybridized carbons (Fsp3) is 0.400. The van der Waals surface area contributed by atoms with Crippen LogP contribution in [0.4, 0.5) is 0 Å². The molecule has 1 unspecified atom stereocenters. The number of ether oxygens (including phenoxy) is 2. The second-order valence-electron chi connectivity index (χ2n) is 4.54. The number of benzene rings is 1. The van der Waals surface area contributed by atoms with Crippen LogP contribution in [-0.2, 0) is 6.42 Å². The van der Waals surface area contributed by atoms with Gasteiger partial charge in [0.25, 0.3) is 0 Å². The smallest absolute Gasteiger partial charge is 0.123 e. The Bertz CT molecular complexity index is 569. The van der Waals surface area contributed by atoms with Gasteiger partial charge in [-0.15, -0.1) is 11.3 Å². The molecule has 1 aromatic carbocycles. The van der Waals surface area contributed by atoms with Crippen LogP contribution < -0.4 is 14.8 Å². The Balaban J connectivity index is 2.30. The van der Waals surface area contributed by atoms with Crippen molar-refractivity contribution in [2.45, 2.75) is 19.4 Å². The summed E-state index contributed by atoms with van der Waals surface area (Å²) in [6.07, 6.45) is 0.832. The molecule has 0 bridgehead atoms. The van der Waals surface area contributed by atoms with Gasteiger partial charge in [-0.2, -0.15) is 0 Å². The molecule has 5 heteroatoms. The van der Waals surface area contributed by atoms with Crippen LogP contribution in [0.25, 0.3) is 0 Å². The van der Waals surface area contributed by atoms with Gasteiger partial charge in [-0.25, -0.2) is 4.98 Å². The molecule has 0 saturated carbocycles. The molecule has 1 heterocycles. The molecule has 0 fully saturated rings. The zero-order valence-corrected chi connectivity index (χ0v) is 13.1. The summed E-state index contributed by atoms with van der Waals surface area (Å²) in [5.74, 6) is 1.69. The zero-order valence-electron chi connectivity index (χ0n) is 12.3. The maximum atomic E-state index is 5.46. The van der Waals surface area contributed by atoms with Crippen molar-refractivity contribution in [1.82, 2.24) is 10.3 Å². The van der Waals surface area contributed by atoms with Crippen molar-refractivity contribution >= 4 is 11.3 Å². The third-order valence-electron chi connectivity index (χ3n) is 3.21. The summed E-state index contributed by atoms with van der Waals surface area (Å²) >= 11 is 1.69. The van der Waals surface area contributed by atoms with E-state index in [1.54, 1.807) is 25.6 Å². The van der Waals surface area contributed by atoms with Crippen LogP contribution in [0.1, 0.15) is 22.3 Å². The molecular weight excluding hydrogens is 272 g/mol. The molecule has 4 nitrogen and oxygen atoms in total. The van der Waals surface area contributed by atoms with Crippen LogP contribution >= 0.6 is 11.3 Å². The van der Waals surface area contributed by atoms with E-state index >= 15 is 0 Å². The van der Waals surface area contributed by atoms with E-state index in [-0.39, 0.29) is 6.04 Å². The Morgan fingerprint density at radius 2 is 2.10 bits per heavy atom. The van der Waals surface area contributed by atoms with Gasteiger partial charge < -0.3 is 14.8 Å². The van der Waals surface area contributed by atoms with Gasteiger partial charge in [0, 0.05) is 29.1 Å². The Morgan fingerprint density at radius 3 is 2.65 bits per heavy atom. The van der Waals surface area contributed by atoms with Crippen molar-refractivity contribution in [2.24, 2.45) is 0 Å². The van der Waals surface area contributed by atoms with Gasteiger partial charge in [-0.1, -0.05) is 0 Å². The molecule has 0 aliphatic rings. The fourth-order valence-corrected chi connectivity index (χ4v) is 2.97. The molecule has 2 aromatic rings. The Labute approximate surface area is 123 Å². The summed E-state index contributed by atoms with van der Waals surface area (Å²) in [6.45, 7) is 2.01. The van der Waals surface area contributed by atoms with E-state index in [2.05, 4.69) is 15.7 Å². The van der Waals surface area contributed by atoms with Crippen LogP contribution in [-0.4, -0.2) is 26.3 Å². The highest BCUT2D eigenvalue weighted by Crippen LogP contribution is 2.31. The molecule has 0 radical (unpaired) electrons. The third-order valence-corrected chi connectivity index (χ3v) is 4.20. The highest BCUT2D eigenvalue weighted by atomic mass is 32.1. The van der Waals surface area contributed by atoms with Crippen molar-refractivity contribution in [3.8, 4) is 11.5 Å². The molecule has 1 atom stereocenters. The first-order chi connectivity index (χ1) is 9.67. The number of aromatic nitrogens is 1. The average molecular weight is 292 g/mol. The lowest BCUT2D eigenvalue weighted by atomic mass is 10.0. The van der Waals surface area contributed by atoms with Crippen molar-refractivity contribution in [2.75, 3.05) is 21.3 Å². The van der Waals surface area contributed by atoms with Crippen molar-refractivity contribution in [1.29, 1.82) is 0 Å². The highest BCUT2D eigenvalue weighted by molar-refractivity contribution is 7.09. The number of hydrogen-bond acceptors (Lipinski definition) is 5. The number of nitrogens with zero attached hydrogens (tertiary/aromatic N) is 1. The van der Waals surface area contributed by atoms with E-state index in [4.69, 9.17) is 9.47 Å². The van der Waals surface area contributed by atoms with Gasteiger partial charge in [0.15, 0.2) is 0 Å². The Kier molecular flexibility index (Phi) is 4.98. The third kappa shape index (κ3) is 3.29. The van der Waals surface area contributed by atoms with E-state index in [1.165, 1.54) is 0 Å². The molecule has 2 rings (SSSR count). The van der Waals surface area contributed by atoms with Gasteiger partial charge in [-0.3, -0.25) is 0 Å². The molecule has 20 heavy (non-hydrogen) atoms. The van der Waals surface area contributed by atoms with Crippen LogP contribution in [0.5, 0.6) is 11.5 Å². The van der Waals surface area contributed by atoms with Crippen LogP contribution in [0, 0.1) is 6.92 Å². The second-order valence-corrected chi connectivity index (χ2v) is 5.48. The standard InChI is InChI=1S/C15H20N2O2S/c1-10-9-20-15(17-10)8-13(16-2)12-7-11(18-3)5-6-14(12)19-4/h5-7,9,13,16H,8H2,1-4H3. The van der Waals surface area contributed by atoms with E-state index in [0.29, 0.717) is 0 Å². The lowest BCUT2D eigenvalue weighted by Gasteiger charge is -2.19. The summed E-state index contributed by atoms with van der Waals surface area (Å²) in [7, 11) is 5.31. The van der Waals surface area contributed by atoms with E-state index in [1.807, 2.05) is 32.2 Å². The summed E-state index contributed by atoms with van der Waals surface area (Å²) in [6, 6.07) is 6.00. The minimum atomic E-state index is 0.144. The van der Waals surface area contributed by atoms with Gasteiger partial charge >= 0.3 is 0 Å². The molecule has 0 spiro atoms. The molecule has 0 aliphatic carbocycles. The molecule has 1 aromatic heterocycles. The monoisotopic (exact) mass is 292 g/mol. The van der Waals surface area contributed by atoms with Gasteiger partial charge in [0.2, 0.25) is 0 Å². The average Bonchev–Trinajstić information content (AvgIpc) is 2.89. The van der Waals surface area contributed by atoms with E-state index in [9.17, 15) is 0 Å². The molecule has 0 amide bonds. The number of methoxy groups -OCH3 is 2. The van der Waals surface area contributed by atoms with E-state index < -0.39 is 0 Å². The number of hydrogen-bond donors (Lipinski definition) is 1. The van der Waals surface area contributed by atoms with Crippen LogP contribution in [0.2, 0.25) is 0 Å². The first-order valence-electron chi connectivity index (χ1n) is 6.48. The van der Waals surface area contributed by atoms with E-state index in [0.717, 1.165) is 34.2 Å². The van der Waals surface area contributed by atoms with Gasteiger partial charge in [0.1, 0.15) is 11.5 Å². The number of aryl methyl sites for hydroxylation is 1. The van der Waals surface area contributed by atoms with Crippen molar-refractivity contribution in [3.05, 3.63) is 39.8 Å². The topological polar surface area (TPSA) is 43.4 Å². The predicted octanol–water partition coefficient (Wildman–Crippen LogP) is 2.97. The van der Waals surface area contributed by atoms with Crippen molar-refractivity contribution in [3.63, 3.8) is 0 Å². The predicted molar refractivity (Wildman–Crippen MR) is 81.9 cm³/mol. The summed E-state index contributed by atoms with van der Waals surface area (Å²) in [5.41, 5.74) is 2.15. The zero-order chi connectivity index (χ0) is 14.5. The lowest BCUT2D eigenvalue weighted by Crippen LogP contribution is -2.19. The minimum Gasteiger partial charge on any atom is -0.497 e. The summed E-state index contributed by atoms with van der Waals surface area (Å²) in [4.78, 5) is 4.53. The normalized spacial score (nSPS) is 12.2. The number of thiazole rings is 1. The highest BCUT2D eigenvalue weighted by Gasteiger charge is 2.17. The van der Waals surface area contributed by atoms with Crippen molar-refractivity contribution < 1.29 is 9.47 Å². The molecule has 1 N–H and O–H groups in total. The van der Waals surface area contributed by atoms with Crippen LogP contribution in [0.15, 0.2) is 23.6 Å². The first kappa shape index (κ1) is 14.8. The molecule has 108 valence electrons. The maximum absolute atomic E-state index is 5.46. The number of likely N-dealkylation sites (N-methyl/N-ethyl adjacent to an activating group) is 1. The summed E-state index contributed by atoms with van der Waals surface area (Å²) < 4.78 is 10.8. The lowest BCUT2D eigenvalue weighted by molar-refractivity contribution is 0.391. The number of rotatable bonds is 6. The maximum Gasteiger partial charge on any atom is 0.123 e. The second kappa shape index (κ2) is 6.72. The van der Waals surface area contributed by atoms with Crippen LogP contribution in [0.3, 0.4) is 0 Å². The SMILES string of the molecule is CNC(Cc1nc(C)cs1)c1cc(OC)ccc1OC. The van der Waals surface area contributed by atoms with Gasteiger partial charge in [0.05, 0.1) is 19.2 Å². The fourth-order valence-electron chi connectivity index (χ4n) is 2.15. The molecule has 0 saturated heterocycles. The largest absolute Gasteiger partial charge is 0.497 e. The summed E-state index contributed by atoms with van der Waals surface area (Å²) in [5, 5.41) is 6.52. The quantitative estimate of drug-likeness (QED) is 0.889. The number of nitrogens with one attached hydrogen (secondary N) is 1. The molecule has 0 aliphatic heterocycles. The van der Waals surface area contributed by atoms with Gasteiger partial charge in [-0.05, 0) is 32.2 Å². The minimum absolute atomic E-state index is 0.144. The first-order valence-corrected chi connectivity index (χ1v) is 7.36. The Morgan fingerprint density at radius 1 is 1.30 bits per heavy atom.